The Morgan fingerprint density at radius 3 is 2.92 bits per heavy atom. The molecular formula is C15H15ClN6OS. The van der Waals surface area contributed by atoms with Crippen molar-refractivity contribution < 1.29 is 5.11 Å². The summed E-state index contributed by atoms with van der Waals surface area (Å²) in [5.74, 6) is 1.08. The number of nitrogens with zero attached hydrogens (tertiary/aromatic N) is 5. The van der Waals surface area contributed by atoms with Crippen LogP contribution in [-0.2, 0) is 0 Å². The number of anilines is 2. The van der Waals surface area contributed by atoms with Crippen molar-refractivity contribution in [3.05, 3.63) is 35.9 Å². The van der Waals surface area contributed by atoms with Crippen LogP contribution in [0, 0.1) is 0 Å². The molecule has 0 spiro atoms. The molecule has 1 saturated heterocycles. The summed E-state index contributed by atoms with van der Waals surface area (Å²) < 4.78 is 1.93. The van der Waals surface area contributed by atoms with Crippen LogP contribution in [0.5, 0.6) is 0 Å². The molecule has 4 heterocycles. The number of hydrogen-bond donors (Lipinski definition) is 2. The fraction of sp³-hybridized carbons (Fsp3) is 0.267. The fourth-order valence-corrected chi connectivity index (χ4v) is 3.89. The highest BCUT2D eigenvalue weighted by molar-refractivity contribution is 7.99. The van der Waals surface area contributed by atoms with Gasteiger partial charge in [0.25, 0.3) is 0 Å². The molecule has 0 unspecified atom stereocenters. The molecule has 4 rings (SSSR count). The number of pyridine rings is 1. The van der Waals surface area contributed by atoms with E-state index in [2.05, 4.69) is 19.9 Å². The Morgan fingerprint density at radius 2 is 2.12 bits per heavy atom. The lowest BCUT2D eigenvalue weighted by Gasteiger charge is -2.18. The first-order chi connectivity index (χ1) is 11.6. The third-order valence-corrected chi connectivity index (χ3v) is 5.50. The van der Waals surface area contributed by atoms with E-state index in [0.717, 1.165) is 34.4 Å². The number of aromatic nitrogens is 4. The number of β-amino-alcohol motifs (C(OH)–C–C–N with tert-alkyl or cyclic N) is 1. The molecule has 7 nitrogen and oxygen atoms in total. The van der Waals surface area contributed by atoms with E-state index in [-0.39, 0.29) is 6.10 Å². The average molecular weight is 363 g/mol. The van der Waals surface area contributed by atoms with Crippen LogP contribution in [0.15, 0.2) is 40.6 Å². The van der Waals surface area contributed by atoms with E-state index >= 15 is 0 Å². The van der Waals surface area contributed by atoms with Gasteiger partial charge in [-0.15, -0.1) is 0 Å². The SMILES string of the molecule is Nc1nccc(Sc2cnc(N3CC[C@@H](O)C3)n3ccnc23)c1Cl. The van der Waals surface area contributed by atoms with Crippen molar-refractivity contribution in [1.82, 2.24) is 19.4 Å². The minimum absolute atomic E-state index is 0.302. The quantitative estimate of drug-likeness (QED) is 0.736. The highest BCUT2D eigenvalue weighted by Gasteiger charge is 2.24. The highest BCUT2D eigenvalue weighted by atomic mass is 35.5. The topological polar surface area (TPSA) is 92.6 Å². The van der Waals surface area contributed by atoms with Gasteiger partial charge in [-0.25, -0.2) is 15.0 Å². The number of fused-ring (bicyclic) bond motifs is 1. The van der Waals surface area contributed by atoms with Crippen LogP contribution < -0.4 is 10.6 Å². The zero-order chi connectivity index (χ0) is 16.7. The van der Waals surface area contributed by atoms with Gasteiger partial charge in [-0.05, 0) is 12.5 Å². The number of rotatable bonds is 3. The molecule has 1 aliphatic rings. The molecule has 0 aliphatic carbocycles. The molecule has 124 valence electrons. The molecule has 1 aliphatic heterocycles. The zero-order valence-corrected chi connectivity index (χ0v) is 14.2. The largest absolute Gasteiger partial charge is 0.391 e. The Labute approximate surface area is 147 Å². The minimum atomic E-state index is -0.307. The fourth-order valence-electron chi connectivity index (χ4n) is 2.75. The lowest BCUT2D eigenvalue weighted by Crippen LogP contribution is -2.24. The molecule has 0 saturated carbocycles. The van der Waals surface area contributed by atoms with Gasteiger partial charge < -0.3 is 15.7 Å². The average Bonchev–Trinajstić information content (AvgIpc) is 3.21. The van der Waals surface area contributed by atoms with Crippen LogP contribution >= 0.6 is 23.4 Å². The van der Waals surface area contributed by atoms with E-state index in [9.17, 15) is 5.11 Å². The Kier molecular flexibility index (Phi) is 3.95. The molecule has 24 heavy (non-hydrogen) atoms. The maximum atomic E-state index is 9.76. The lowest BCUT2D eigenvalue weighted by molar-refractivity contribution is 0.198. The summed E-state index contributed by atoms with van der Waals surface area (Å²) >= 11 is 7.68. The predicted molar refractivity (Wildman–Crippen MR) is 93.6 cm³/mol. The van der Waals surface area contributed by atoms with Gasteiger partial charge in [0.1, 0.15) is 5.82 Å². The van der Waals surface area contributed by atoms with Gasteiger partial charge in [-0.2, -0.15) is 0 Å². The second kappa shape index (κ2) is 6.12. The van der Waals surface area contributed by atoms with Gasteiger partial charge in [-0.3, -0.25) is 4.40 Å². The van der Waals surface area contributed by atoms with Crippen molar-refractivity contribution in [2.75, 3.05) is 23.7 Å². The highest BCUT2D eigenvalue weighted by Crippen LogP contribution is 2.37. The number of imidazole rings is 1. The number of nitrogen functional groups attached to an aromatic ring is 1. The number of aliphatic hydroxyl groups is 1. The second-order valence-electron chi connectivity index (χ2n) is 5.54. The van der Waals surface area contributed by atoms with Crippen molar-refractivity contribution in [3.8, 4) is 0 Å². The molecular weight excluding hydrogens is 348 g/mol. The Morgan fingerprint density at radius 1 is 1.25 bits per heavy atom. The van der Waals surface area contributed by atoms with Gasteiger partial charge in [-0.1, -0.05) is 23.4 Å². The van der Waals surface area contributed by atoms with Crippen molar-refractivity contribution >= 4 is 40.8 Å². The molecule has 0 bridgehead atoms. The van der Waals surface area contributed by atoms with Gasteiger partial charge in [0.15, 0.2) is 5.65 Å². The molecule has 3 aromatic rings. The van der Waals surface area contributed by atoms with Crippen LogP contribution in [0.2, 0.25) is 5.02 Å². The molecule has 3 aromatic heterocycles. The third kappa shape index (κ3) is 2.66. The van der Waals surface area contributed by atoms with Crippen LogP contribution in [0.25, 0.3) is 5.65 Å². The van der Waals surface area contributed by atoms with Crippen LogP contribution in [0.1, 0.15) is 6.42 Å². The van der Waals surface area contributed by atoms with Crippen molar-refractivity contribution in [3.63, 3.8) is 0 Å². The summed E-state index contributed by atoms with van der Waals surface area (Å²) in [6, 6.07) is 1.81. The lowest BCUT2D eigenvalue weighted by atomic mass is 10.3. The van der Waals surface area contributed by atoms with Crippen LogP contribution in [0.3, 0.4) is 0 Å². The summed E-state index contributed by atoms with van der Waals surface area (Å²) in [5.41, 5.74) is 6.55. The first-order valence-electron chi connectivity index (χ1n) is 7.46. The maximum absolute atomic E-state index is 9.76. The van der Waals surface area contributed by atoms with Gasteiger partial charge in [0.05, 0.1) is 16.0 Å². The summed E-state index contributed by atoms with van der Waals surface area (Å²) in [7, 11) is 0. The number of aliphatic hydroxyl groups excluding tert-OH is 1. The number of halogens is 1. The number of hydrogen-bond acceptors (Lipinski definition) is 7. The molecule has 0 radical (unpaired) electrons. The van der Waals surface area contributed by atoms with E-state index in [4.69, 9.17) is 17.3 Å². The van der Waals surface area contributed by atoms with Crippen LogP contribution in [-0.4, -0.2) is 43.7 Å². The second-order valence-corrected chi connectivity index (χ2v) is 7.00. The van der Waals surface area contributed by atoms with Crippen LogP contribution in [0.4, 0.5) is 11.8 Å². The Balaban J connectivity index is 1.73. The Hall–Kier alpha value is -2.03. The molecule has 0 aromatic carbocycles. The smallest absolute Gasteiger partial charge is 0.211 e. The van der Waals surface area contributed by atoms with E-state index in [1.807, 2.05) is 16.7 Å². The standard InChI is InChI=1S/C15H15ClN6OS/c16-12-10(1-3-18-13(12)17)24-11-7-20-15(21-5-2-9(23)8-21)22-6-4-19-14(11)22/h1,3-4,6-7,9,23H,2,5,8H2,(H2,17,18)/t9-/m1/s1. The summed E-state index contributed by atoms with van der Waals surface area (Å²) in [6.07, 6.45) is 7.45. The molecule has 0 amide bonds. The monoisotopic (exact) mass is 362 g/mol. The third-order valence-electron chi connectivity index (χ3n) is 3.92. The van der Waals surface area contributed by atoms with Gasteiger partial charge >= 0.3 is 0 Å². The normalized spacial score (nSPS) is 17.8. The Bertz CT molecular complexity index is 901. The van der Waals surface area contributed by atoms with E-state index in [1.54, 1.807) is 18.6 Å². The summed E-state index contributed by atoms with van der Waals surface area (Å²) in [6.45, 7) is 1.36. The van der Waals surface area contributed by atoms with E-state index in [1.165, 1.54) is 11.8 Å². The van der Waals surface area contributed by atoms with Gasteiger partial charge in [0.2, 0.25) is 5.95 Å². The molecule has 1 fully saturated rings. The summed E-state index contributed by atoms with van der Waals surface area (Å²) in [4.78, 5) is 16.7. The first-order valence-corrected chi connectivity index (χ1v) is 8.66. The minimum Gasteiger partial charge on any atom is -0.391 e. The van der Waals surface area contributed by atoms with Gasteiger partial charge in [0, 0.05) is 42.8 Å². The number of nitrogens with two attached hydrogens (primary N) is 1. The molecule has 9 heteroatoms. The van der Waals surface area contributed by atoms with E-state index < -0.39 is 0 Å². The van der Waals surface area contributed by atoms with Crippen molar-refractivity contribution in [2.24, 2.45) is 0 Å². The molecule has 1 atom stereocenters. The molecule has 3 N–H and O–H groups in total. The predicted octanol–water partition coefficient (Wildman–Crippen LogP) is 2.08. The maximum Gasteiger partial charge on any atom is 0.211 e. The zero-order valence-electron chi connectivity index (χ0n) is 12.6. The van der Waals surface area contributed by atoms with Crippen molar-refractivity contribution in [1.29, 1.82) is 0 Å². The van der Waals surface area contributed by atoms with E-state index in [0.29, 0.717) is 17.4 Å². The first kappa shape index (κ1) is 15.5. The van der Waals surface area contributed by atoms with Crippen molar-refractivity contribution in [2.45, 2.75) is 22.3 Å². The summed E-state index contributed by atoms with van der Waals surface area (Å²) in [5, 5.41) is 10.2.